The fourth-order valence-electron chi connectivity index (χ4n) is 5.05. The Morgan fingerprint density at radius 1 is 0.745 bits per heavy atom. The molecule has 1 aliphatic heterocycles. The van der Waals surface area contributed by atoms with Crippen molar-refractivity contribution in [3.05, 3.63) is 113 Å². The molecule has 6 N–H and O–H groups in total. The molecule has 2 atom stereocenters. The number of phenols is 4. The molecule has 1 saturated heterocycles. The van der Waals surface area contributed by atoms with Crippen molar-refractivity contribution in [2.24, 2.45) is 0 Å². The molecule has 0 aliphatic carbocycles. The van der Waals surface area contributed by atoms with Crippen LogP contribution in [0.4, 0.5) is 0 Å². The van der Waals surface area contributed by atoms with Crippen LogP contribution >= 0.6 is 0 Å². The third kappa shape index (κ3) is 6.56. The molecule has 2 unspecified atom stereocenters. The lowest BCUT2D eigenvalue weighted by Crippen LogP contribution is -2.44. The zero-order chi connectivity index (χ0) is 34.0. The Bertz CT molecular complexity index is 1970. The normalized spacial score (nSPS) is 16.3. The molecule has 4 aromatic carbocycles. The highest BCUT2D eigenvalue weighted by atomic mass is 32.2. The first-order valence-corrected chi connectivity index (χ1v) is 15.2. The van der Waals surface area contributed by atoms with Crippen molar-refractivity contribution in [2.75, 3.05) is 13.1 Å². The number of rotatable bonds is 9. The number of carboxylic acids is 1. The Morgan fingerprint density at radius 2 is 1.38 bits per heavy atom. The second-order valence-electron chi connectivity index (χ2n) is 10.4. The summed E-state index contributed by atoms with van der Waals surface area (Å²) in [5.41, 5.74) is -2.46. The lowest BCUT2D eigenvalue weighted by molar-refractivity contribution is 0.0275. The van der Waals surface area contributed by atoms with Gasteiger partial charge in [-0.3, -0.25) is 9.59 Å². The summed E-state index contributed by atoms with van der Waals surface area (Å²) in [6.07, 6.45) is -1.27. The topological polar surface area (TPSA) is 228 Å². The summed E-state index contributed by atoms with van der Waals surface area (Å²) >= 11 is 0. The van der Waals surface area contributed by atoms with E-state index < -0.39 is 85.3 Å². The van der Waals surface area contributed by atoms with E-state index >= 15 is 0 Å². The third-order valence-electron chi connectivity index (χ3n) is 7.38. The maximum atomic E-state index is 13.4. The zero-order valence-electron chi connectivity index (χ0n) is 24.1. The van der Waals surface area contributed by atoms with E-state index in [9.17, 15) is 53.1 Å². The third-order valence-corrected chi connectivity index (χ3v) is 9.22. The van der Waals surface area contributed by atoms with Crippen molar-refractivity contribution in [1.82, 2.24) is 9.62 Å². The van der Waals surface area contributed by atoms with Crippen molar-refractivity contribution >= 4 is 33.7 Å². The van der Waals surface area contributed by atoms with Crippen LogP contribution in [-0.4, -0.2) is 87.1 Å². The van der Waals surface area contributed by atoms with E-state index in [1.165, 1.54) is 54.6 Å². The number of nitrogens with zero attached hydrogens (tertiary/aromatic N) is 1. The molecule has 0 bridgehead atoms. The Morgan fingerprint density at radius 3 is 2.00 bits per heavy atom. The van der Waals surface area contributed by atoms with Gasteiger partial charge in [-0.15, -0.1) is 0 Å². The first-order valence-electron chi connectivity index (χ1n) is 13.8. The van der Waals surface area contributed by atoms with Gasteiger partial charge in [0.2, 0.25) is 15.8 Å². The summed E-state index contributed by atoms with van der Waals surface area (Å²) in [6, 6.07) is 16.4. The first kappa shape index (κ1) is 32.5. The summed E-state index contributed by atoms with van der Waals surface area (Å²) in [6.45, 7) is -0.682. The largest absolute Gasteiger partial charge is 0.508 e. The van der Waals surface area contributed by atoms with E-state index in [0.29, 0.717) is 0 Å². The fourth-order valence-corrected chi connectivity index (χ4v) is 6.55. The molecule has 5 rings (SSSR count). The molecular weight excluding hydrogens is 636 g/mol. The van der Waals surface area contributed by atoms with Gasteiger partial charge in [0.05, 0.1) is 34.2 Å². The number of carbonyl (C=O) groups is 4. The highest BCUT2D eigenvalue weighted by Crippen LogP contribution is 2.35. The number of nitrogens with one attached hydrogen (secondary N) is 1. The number of amides is 1. The van der Waals surface area contributed by atoms with Crippen LogP contribution in [0.15, 0.2) is 89.8 Å². The summed E-state index contributed by atoms with van der Waals surface area (Å²) < 4.78 is 33.3. The van der Waals surface area contributed by atoms with Crippen molar-refractivity contribution in [1.29, 1.82) is 0 Å². The molecule has 1 heterocycles. The Hall–Kier alpha value is -5.93. The molecule has 0 radical (unpaired) electrons. The zero-order valence-corrected chi connectivity index (χ0v) is 24.9. The lowest BCUT2D eigenvalue weighted by atomic mass is 9.95. The number of hydrogen-bond acceptors (Lipinski definition) is 11. The van der Waals surface area contributed by atoms with Crippen LogP contribution in [0.25, 0.3) is 0 Å². The van der Waals surface area contributed by atoms with Crippen LogP contribution in [0.5, 0.6) is 23.0 Å². The van der Waals surface area contributed by atoms with E-state index in [0.717, 1.165) is 28.6 Å². The maximum Gasteiger partial charge on any atom is 0.338 e. The van der Waals surface area contributed by atoms with Gasteiger partial charge in [-0.25, -0.2) is 18.0 Å². The van der Waals surface area contributed by atoms with Crippen LogP contribution in [0.3, 0.4) is 0 Å². The minimum Gasteiger partial charge on any atom is -0.508 e. The molecule has 0 saturated carbocycles. The number of sulfonamides is 1. The number of benzene rings is 4. The monoisotopic (exact) mass is 662 g/mol. The molecule has 4 aromatic rings. The second-order valence-corrected chi connectivity index (χ2v) is 12.4. The molecule has 0 spiro atoms. The van der Waals surface area contributed by atoms with Crippen LogP contribution < -0.4 is 5.32 Å². The SMILES string of the molecule is O=C(NC1CN(S(=O)(=O)c2ccccc2)CC1OC(=O)c1cc(O)c(C(=O)c2c(O)cccc2C(=O)O)c(O)c1)c1ccc(O)cc1. The quantitative estimate of drug-likeness (QED) is 0.112. The minimum absolute atomic E-state index is 0.0406. The Kier molecular flexibility index (Phi) is 8.86. The van der Waals surface area contributed by atoms with E-state index in [-0.39, 0.29) is 29.3 Å². The van der Waals surface area contributed by atoms with Crippen LogP contribution in [0.2, 0.25) is 0 Å². The van der Waals surface area contributed by atoms with Gasteiger partial charge in [0.25, 0.3) is 5.91 Å². The summed E-state index contributed by atoms with van der Waals surface area (Å²) in [5, 5.41) is 53.1. The van der Waals surface area contributed by atoms with Crippen molar-refractivity contribution in [3.63, 3.8) is 0 Å². The maximum absolute atomic E-state index is 13.4. The van der Waals surface area contributed by atoms with Gasteiger partial charge in [-0.2, -0.15) is 4.31 Å². The highest BCUT2D eigenvalue weighted by Gasteiger charge is 2.42. The number of ether oxygens (including phenoxy) is 1. The van der Waals surface area contributed by atoms with Crippen LogP contribution in [0, 0.1) is 0 Å². The van der Waals surface area contributed by atoms with Crippen LogP contribution in [-0.2, 0) is 14.8 Å². The van der Waals surface area contributed by atoms with Gasteiger partial charge in [-0.1, -0.05) is 24.3 Å². The van der Waals surface area contributed by atoms with Gasteiger partial charge in [-0.05, 0) is 60.7 Å². The van der Waals surface area contributed by atoms with Crippen molar-refractivity contribution in [3.8, 4) is 23.0 Å². The number of hydrogen-bond donors (Lipinski definition) is 6. The smallest absolute Gasteiger partial charge is 0.338 e. The molecule has 1 aliphatic rings. The van der Waals surface area contributed by atoms with Gasteiger partial charge >= 0.3 is 11.9 Å². The number of ketones is 1. The van der Waals surface area contributed by atoms with Crippen molar-refractivity contribution < 1.29 is 57.9 Å². The van der Waals surface area contributed by atoms with Gasteiger partial charge in [0, 0.05) is 12.1 Å². The van der Waals surface area contributed by atoms with Gasteiger partial charge in [0.15, 0.2) is 0 Å². The Balaban J connectivity index is 1.42. The number of carboxylic acid groups (broad SMARTS) is 1. The van der Waals surface area contributed by atoms with E-state index in [2.05, 4.69) is 5.32 Å². The number of aromatic hydroxyl groups is 4. The molecule has 1 amide bonds. The summed E-state index contributed by atoms with van der Waals surface area (Å²) in [7, 11) is -4.10. The predicted molar refractivity (Wildman–Crippen MR) is 162 cm³/mol. The summed E-state index contributed by atoms with van der Waals surface area (Å²) in [5.74, 6) is -7.34. The van der Waals surface area contributed by atoms with Gasteiger partial charge < -0.3 is 35.6 Å². The number of esters is 1. The highest BCUT2D eigenvalue weighted by molar-refractivity contribution is 7.89. The first-order chi connectivity index (χ1) is 22.3. The molecule has 15 heteroatoms. The molecule has 0 aromatic heterocycles. The average molecular weight is 663 g/mol. The Labute approximate surface area is 266 Å². The fraction of sp³-hybridized carbons (Fsp3) is 0.125. The summed E-state index contributed by atoms with van der Waals surface area (Å²) in [4.78, 5) is 51.0. The molecule has 47 heavy (non-hydrogen) atoms. The molecular formula is C32H26N2O12S. The van der Waals surface area contributed by atoms with E-state index in [4.69, 9.17) is 4.74 Å². The molecule has 1 fully saturated rings. The van der Waals surface area contributed by atoms with Crippen LogP contribution in [0.1, 0.15) is 47.0 Å². The molecule has 14 nitrogen and oxygen atoms in total. The van der Waals surface area contributed by atoms with E-state index in [1.54, 1.807) is 6.07 Å². The average Bonchev–Trinajstić information content (AvgIpc) is 3.43. The second kappa shape index (κ2) is 12.8. The lowest BCUT2D eigenvalue weighted by Gasteiger charge is -2.20. The number of phenolic OH excluding ortho intramolecular Hbond substituents is 4. The number of aromatic carboxylic acids is 1. The van der Waals surface area contributed by atoms with E-state index in [1.807, 2.05) is 0 Å². The van der Waals surface area contributed by atoms with Crippen molar-refractivity contribution in [2.45, 2.75) is 17.0 Å². The van der Waals surface area contributed by atoms with Gasteiger partial charge in [0.1, 0.15) is 34.7 Å². The minimum atomic E-state index is -4.10. The molecule has 242 valence electrons. The predicted octanol–water partition coefficient (Wildman–Crippen LogP) is 2.47. The number of carbonyl (C=O) groups excluding carboxylic acids is 3. The standard InChI is InChI=1S/C32H26N2O12S/c35-19-11-9-17(10-12-19)30(40)33-22-15-34(47(44,45)20-5-2-1-3-6-20)16-26(22)46-32(43)18-13-24(37)28(25(38)14-18)29(39)27-21(31(41)42)7-4-8-23(27)36/h1-14,22,26,35-38H,15-16H2,(H,33,40)(H,41,42).